The van der Waals surface area contributed by atoms with Crippen LogP contribution in [0, 0.1) is 0 Å². The fraction of sp³-hybridized carbons (Fsp3) is 0.593. The monoisotopic (exact) mass is 479 g/mol. The third-order valence-corrected chi connectivity index (χ3v) is 7.95. The van der Waals surface area contributed by atoms with Crippen LogP contribution in [0.1, 0.15) is 62.4 Å². The number of nitrogens with zero attached hydrogens (tertiary/aromatic N) is 4. The maximum atomic E-state index is 13.8. The third kappa shape index (κ3) is 4.81. The van der Waals surface area contributed by atoms with Crippen molar-refractivity contribution in [3.63, 3.8) is 0 Å². The smallest absolute Gasteiger partial charge is 0.273 e. The largest absolute Gasteiger partial charge is 0.497 e. The van der Waals surface area contributed by atoms with Crippen molar-refractivity contribution in [1.29, 1.82) is 0 Å². The highest BCUT2D eigenvalue weighted by Crippen LogP contribution is 2.31. The highest BCUT2D eigenvalue weighted by molar-refractivity contribution is 6.00. The summed E-state index contributed by atoms with van der Waals surface area (Å²) in [5.41, 5.74) is 1.20. The Labute approximate surface area is 207 Å². The molecular formula is C27H37N5O3. The lowest BCUT2D eigenvalue weighted by Crippen LogP contribution is -2.66. The van der Waals surface area contributed by atoms with Gasteiger partial charge in [-0.15, -0.1) is 0 Å². The number of hydrogen-bond donors (Lipinski definition) is 1. The standard InChI is InChI=1S/C27H37N5O3/c1-27(26(34)28-21-8-4-3-5-9-21)19-32-24(25(33)31(27)17-16-30-14-6-7-15-30)18-23(29-32)20-10-12-22(35-2)13-11-20/h10-13,18,21H,3-9,14-17,19H2,1-2H3,(H,28,34). The van der Waals surface area contributed by atoms with Crippen LogP contribution in [0.3, 0.4) is 0 Å². The number of methoxy groups -OCH3 is 1. The Morgan fingerprint density at radius 1 is 1.09 bits per heavy atom. The molecule has 8 nitrogen and oxygen atoms in total. The summed E-state index contributed by atoms with van der Waals surface area (Å²) in [7, 11) is 1.64. The molecule has 2 fully saturated rings. The summed E-state index contributed by atoms with van der Waals surface area (Å²) in [5, 5.41) is 8.05. The second kappa shape index (κ2) is 10.0. The zero-order valence-corrected chi connectivity index (χ0v) is 21.0. The molecule has 1 aliphatic carbocycles. The van der Waals surface area contributed by atoms with Crippen LogP contribution in [0.15, 0.2) is 30.3 Å². The van der Waals surface area contributed by atoms with Gasteiger partial charge in [-0.1, -0.05) is 19.3 Å². The molecule has 1 atom stereocenters. The van der Waals surface area contributed by atoms with E-state index in [4.69, 9.17) is 9.84 Å². The van der Waals surface area contributed by atoms with Crippen LogP contribution >= 0.6 is 0 Å². The molecule has 1 aromatic heterocycles. The molecule has 0 spiro atoms. The molecule has 35 heavy (non-hydrogen) atoms. The topological polar surface area (TPSA) is 79.7 Å². The molecule has 1 aromatic carbocycles. The second-order valence-corrected chi connectivity index (χ2v) is 10.4. The molecule has 188 valence electrons. The first-order chi connectivity index (χ1) is 17.0. The van der Waals surface area contributed by atoms with Crippen molar-refractivity contribution in [1.82, 2.24) is 24.9 Å². The van der Waals surface area contributed by atoms with Gasteiger partial charge in [0.1, 0.15) is 17.0 Å². The van der Waals surface area contributed by atoms with E-state index in [1.54, 1.807) is 16.7 Å². The number of likely N-dealkylation sites (tertiary alicyclic amines) is 1. The number of amides is 2. The minimum Gasteiger partial charge on any atom is -0.497 e. The summed E-state index contributed by atoms with van der Waals surface area (Å²) in [6.07, 6.45) is 7.95. The van der Waals surface area contributed by atoms with Crippen LogP contribution in [0.5, 0.6) is 5.75 Å². The third-order valence-electron chi connectivity index (χ3n) is 7.95. The fourth-order valence-corrected chi connectivity index (χ4v) is 5.73. The summed E-state index contributed by atoms with van der Waals surface area (Å²) in [4.78, 5) is 31.7. The van der Waals surface area contributed by atoms with E-state index in [1.807, 2.05) is 37.3 Å². The SMILES string of the molecule is COc1ccc(-c2cc3n(n2)CC(C)(C(=O)NC2CCCCC2)N(CCN2CCCC2)C3=O)cc1. The average Bonchev–Trinajstić information content (AvgIpc) is 3.55. The molecule has 2 aromatic rings. The Kier molecular flexibility index (Phi) is 6.82. The van der Waals surface area contributed by atoms with E-state index >= 15 is 0 Å². The Balaban J connectivity index is 1.43. The van der Waals surface area contributed by atoms with Crippen molar-refractivity contribution in [2.45, 2.75) is 70.0 Å². The number of hydrogen-bond acceptors (Lipinski definition) is 5. The van der Waals surface area contributed by atoms with Crippen molar-refractivity contribution in [2.75, 3.05) is 33.3 Å². The number of nitrogens with one attached hydrogen (secondary N) is 1. The van der Waals surface area contributed by atoms with Gasteiger partial charge >= 0.3 is 0 Å². The Bertz CT molecular complexity index is 1050. The Morgan fingerprint density at radius 3 is 2.49 bits per heavy atom. The molecule has 3 heterocycles. The van der Waals surface area contributed by atoms with Crippen molar-refractivity contribution in [3.05, 3.63) is 36.0 Å². The average molecular weight is 480 g/mol. The molecule has 2 aliphatic heterocycles. The van der Waals surface area contributed by atoms with Gasteiger partial charge in [-0.3, -0.25) is 14.3 Å². The predicted octanol–water partition coefficient (Wildman–Crippen LogP) is 3.32. The number of carbonyl (C=O) groups is 2. The highest BCUT2D eigenvalue weighted by Gasteiger charge is 2.48. The lowest BCUT2D eigenvalue weighted by atomic mass is 9.91. The summed E-state index contributed by atoms with van der Waals surface area (Å²) >= 11 is 0. The van der Waals surface area contributed by atoms with Gasteiger partial charge in [-0.05, 0) is 76.0 Å². The van der Waals surface area contributed by atoms with E-state index in [0.29, 0.717) is 18.8 Å². The van der Waals surface area contributed by atoms with E-state index < -0.39 is 5.54 Å². The van der Waals surface area contributed by atoms with Crippen LogP contribution in [0.4, 0.5) is 0 Å². The number of benzene rings is 1. The number of fused-ring (bicyclic) bond motifs is 1. The number of ether oxygens (including phenoxy) is 1. The van der Waals surface area contributed by atoms with Gasteiger partial charge in [0.05, 0.1) is 19.3 Å². The van der Waals surface area contributed by atoms with Crippen LogP contribution < -0.4 is 10.1 Å². The molecule has 0 radical (unpaired) electrons. The van der Waals surface area contributed by atoms with Gasteiger partial charge in [0.15, 0.2) is 0 Å². The molecule has 1 saturated carbocycles. The maximum absolute atomic E-state index is 13.8. The van der Waals surface area contributed by atoms with Crippen molar-refractivity contribution >= 4 is 11.8 Å². The predicted molar refractivity (Wildman–Crippen MR) is 134 cm³/mol. The van der Waals surface area contributed by atoms with E-state index in [-0.39, 0.29) is 17.9 Å². The van der Waals surface area contributed by atoms with Gasteiger partial charge in [0, 0.05) is 24.7 Å². The molecule has 5 rings (SSSR count). The fourth-order valence-electron chi connectivity index (χ4n) is 5.73. The van der Waals surface area contributed by atoms with E-state index in [0.717, 1.165) is 62.3 Å². The molecule has 2 amide bonds. The van der Waals surface area contributed by atoms with Gasteiger partial charge < -0.3 is 19.9 Å². The lowest BCUT2D eigenvalue weighted by molar-refractivity contribution is -0.134. The summed E-state index contributed by atoms with van der Waals surface area (Å²) in [6.45, 7) is 5.71. The molecular weight excluding hydrogens is 442 g/mol. The van der Waals surface area contributed by atoms with Crippen LogP contribution in [0.2, 0.25) is 0 Å². The molecule has 1 saturated heterocycles. The first-order valence-corrected chi connectivity index (χ1v) is 13.1. The summed E-state index contributed by atoms with van der Waals surface area (Å²) in [6, 6.07) is 9.71. The Hall–Kier alpha value is -2.87. The van der Waals surface area contributed by atoms with Gasteiger partial charge in [0.25, 0.3) is 5.91 Å². The first-order valence-electron chi connectivity index (χ1n) is 13.1. The van der Waals surface area contributed by atoms with Crippen LogP contribution in [0.25, 0.3) is 11.3 Å². The van der Waals surface area contributed by atoms with E-state index in [2.05, 4.69) is 10.2 Å². The normalized spacial score (nSPS) is 23.4. The number of aromatic nitrogens is 2. The van der Waals surface area contributed by atoms with E-state index in [9.17, 15) is 9.59 Å². The van der Waals surface area contributed by atoms with Crippen molar-refractivity contribution in [3.8, 4) is 17.0 Å². The van der Waals surface area contributed by atoms with Crippen LogP contribution in [-0.4, -0.2) is 76.3 Å². The zero-order valence-electron chi connectivity index (χ0n) is 21.0. The Morgan fingerprint density at radius 2 is 1.80 bits per heavy atom. The number of rotatable bonds is 7. The van der Waals surface area contributed by atoms with Crippen LogP contribution in [-0.2, 0) is 11.3 Å². The lowest BCUT2D eigenvalue weighted by Gasteiger charge is -2.44. The van der Waals surface area contributed by atoms with Crippen molar-refractivity contribution < 1.29 is 14.3 Å². The summed E-state index contributed by atoms with van der Waals surface area (Å²) in [5.74, 6) is 0.587. The molecule has 1 unspecified atom stereocenters. The maximum Gasteiger partial charge on any atom is 0.273 e. The zero-order chi connectivity index (χ0) is 24.4. The quantitative estimate of drug-likeness (QED) is 0.659. The summed E-state index contributed by atoms with van der Waals surface area (Å²) < 4.78 is 7.00. The molecule has 8 heteroatoms. The molecule has 0 bridgehead atoms. The van der Waals surface area contributed by atoms with Gasteiger partial charge in [-0.25, -0.2) is 0 Å². The highest BCUT2D eigenvalue weighted by atomic mass is 16.5. The van der Waals surface area contributed by atoms with Gasteiger partial charge in [-0.2, -0.15) is 5.10 Å². The number of carbonyl (C=O) groups excluding carboxylic acids is 2. The van der Waals surface area contributed by atoms with E-state index in [1.165, 1.54) is 19.3 Å². The van der Waals surface area contributed by atoms with Crippen molar-refractivity contribution in [2.24, 2.45) is 0 Å². The second-order valence-electron chi connectivity index (χ2n) is 10.4. The minimum absolute atomic E-state index is 0.0636. The minimum atomic E-state index is -0.982. The van der Waals surface area contributed by atoms with Gasteiger partial charge in [0.2, 0.25) is 5.91 Å². The first kappa shape index (κ1) is 23.9. The molecule has 1 N–H and O–H groups in total. The molecule has 3 aliphatic rings.